The summed E-state index contributed by atoms with van der Waals surface area (Å²) in [5.74, 6) is 0. The van der Waals surface area contributed by atoms with Crippen LogP contribution in [0, 0.1) is 0 Å². The van der Waals surface area contributed by atoms with E-state index in [9.17, 15) is 9.59 Å². The molecule has 0 atom stereocenters. The first kappa shape index (κ1) is 7.72. The van der Waals surface area contributed by atoms with E-state index < -0.39 is 0 Å². The van der Waals surface area contributed by atoms with Gasteiger partial charge in [-0.05, 0) is 6.07 Å². The van der Waals surface area contributed by atoms with Crippen molar-refractivity contribution in [1.29, 1.82) is 0 Å². The number of hydrogen-bond donors (Lipinski definition) is 0. The fourth-order valence-corrected chi connectivity index (χ4v) is 1.18. The summed E-state index contributed by atoms with van der Waals surface area (Å²) in [4.78, 5) is 21.7. The lowest BCUT2D eigenvalue weighted by atomic mass is 10.5. The van der Waals surface area contributed by atoms with Crippen LogP contribution in [0.2, 0.25) is 0 Å². The highest BCUT2D eigenvalue weighted by Gasteiger charge is 2.01. The molecule has 0 spiro atoms. The standard InChI is InChI=1S/C8H7N3O2/c12-6-5-10-3-4-11-7(8(10)13)1-2-9-11/h1-4,6H,5H2. The van der Waals surface area contributed by atoms with Gasteiger partial charge >= 0.3 is 0 Å². The summed E-state index contributed by atoms with van der Waals surface area (Å²) in [6.45, 7) is 0.0838. The Morgan fingerprint density at radius 3 is 3.08 bits per heavy atom. The number of aromatic nitrogens is 3. The summed E-state index contributed by atoms with van der Waals surface area (Å²) >= 11 is 0. The van der Waals surface area contributed by atoms with Gasteiger partial charge in [0, 0.05) is 12.4 Å². The molecular weight excluding hydrogens is 170 g/mol. The molecule has 0 radical (unpaired) electrons. The average molecular weight is 177 g/mol. The molecular formula is C8H7N3O2. The smallest absolute Gasteiger partial charge is 0.276 e. The molecule has 2 heterocycles. The van der Waals surface area contributed by atoms with Crippen molar-refractivity contribution in [3.8, 4) is 0 Å². The topological polar surface area (TPSA) is 56.4 Å². The van der Waals surface area contributed by atoms with Gasteiger partial charge in [-0.25, -0.2) is 4.52 Å². The Balaban J connectivity index is 2.73. The fourth-order valence-electron chi connectivity index (χ4n) is 1.18. The lowest BCUT2D eigenvalue weighted by molar-refractivity contribution is -0.108. The molecule has 5 nitrogen and oxygen atoms in total. The fraction of sp³-hybridized carbons (Fsp3) is 0.125. The summed E-state index contributed by atoms with van der Waals surface area (Å²) in [6, 6.07) is 1.61. The van der Waals surface area contributed by atoms with Crippen LogP contribution >= 0.6 is 0 Å². The molecule has 0 unspecified atom stereocenters. The van der Waals surface area contributed by atoms with E-state index in [1.54, 1.807) is 18.5 Å². The number of rotatable bonds is 2. The molecule has 5 heteroatoms. The maximum absolute atomic E-state index is 11.5. The molecule has 0 amide bonds. The Labute approximate surface area is 73.2 Å². The van der Waals surface area contributed by atoms with Crippen LogP contribution in [-0.2, 0) is 11.3 Å². The van der Waals surface area contributed by atoms with Crippen LogP contribution in [0.1, 0.15) is 0 Å². The van der Waals surface area contributed by atoms with Gasteiger partial charge in [-0.3, -0.25) is 4.79 Å². The van der Waals surface area contributed by atoms with E-state index >= 15 is 0 Å². The molecule has 0 N–H and O–H groups in total. The Hall–Kier alpha value is -1.91. The lowest BCUT2D eigenvalue weighted by Crippen LogP contribution is -2.21. The van der Waals surface area contributed by atoms with Crippen LogP contribution < -0.4 is 5.56 Å². The molecule has 0 bridgehead atoms. The van der Waals surface area contributed by atoms with Gasteiger partial charge in [-0.1, -0.05) is 0 Å². The second-order valence-electron chi connectivity index (χ2n) is 2.58. The number of carbonyl (C=O) groups is 1. The Morgan fingerprint density at radius 1 is 1.46 bits per heavy atom. The number of nitrogens with zero attached hydrogens (tertiary/aromatic N) is 3. The highest BCUT2D eigenvalue weighted by atomic mass is 16.1. The van der Waals surface area contributed by atoms with Gasteiger partial charge in [0.2, 0.25) is 0 Å². The van der Waals surface area contributed by atoms with Crippen molar-refractivity contribution in [2.45, 2.75) is 6.54 Å². The first-order valence-electron chi connectivity index (χ1n) is 3.79. The normalized spacial score (nSPS) is 10.5. The van der Waals surface area contributed by atoms with Crippen molar-refractivity contribution in [3.05, 3.63) is 35.0 Å². The minimum absolute atomic E-state index is 0.0838. The van der Waals surface area contributed by atoms with Crippen LogP contribution in [0.25, 0.3) is 5.52 Å². The van der Waals surface area contributed by atoms with Crippen molar-refractivity contribution in [2.24, 2.45) is 0 Å². The van der Waals surface area contributed by atoms with Gasteiger partial charge in [0.05, 0.1) is 12.7 Å². The van der Waals surface area contributed by atoms with Crippen LogP contribution in [0.3, 0.4) is 0 Å². The molecule has 2 aromatic rings. The predicted molar refractivity (Wildman–Crippen MR) is 45.5 cm³/mol. The van der Waals surface area contributed by atoms with Crippen LogP contribution in [-0.4, -0.2) is 20.5 Å². The van der Waals surface area contributed by atoms with Crippen LogP contribution in [0.4, 0.5) is 0 Å². The average Bonchev–Trinajstić information content (AvgIpc) is 2.58. The van der Waals surface area contributed by atoms with Crippen molar-refractivity contribution in [3.63, 3.8) is 0 Å². The zero-order valence-corrected chi connectivity index (χ0v) is 6.75. The molecule has 0 fully saturated rings. The zero-order valence-electron chi connectivity index (χ0n) is 6.75. The minimum atomic E-state index is -0.202. The molecule has 13 heavy (non-hydrogen) atoms. The highest BCUT2D eigenvalue weighted by Crippen LogP contribution is 1.93. The first-order chi connectivity index (χ1) is 6.33. The summed E-state index contributed by atoms with van der Waals surface area (Å²) in [6.07, 6.45) is 5.41. The van der Waals surface area contributed by atoms with Crippen LogP contribution in [0.15, 0.2) is 29.5 Å². The molecule has 2 rings (SSSR count). The Morgan fingerprint density at radius 2 is 2.31 bits per heavy atom. The van der Waals surface area contributed by atoms with E-state index in [1.165, 1.54) is 15.3 Å². The van der Waals surface area contributed by atoms with Gasteiger partial charge in [-0.2, -0.15) is 5.10 Å². The molecule has 0 aliphatic rings. The molecule has 0 saturated heterocycles. The second kappa shape index (κ2) is 2.85. The largest absolute Gasteiger partial charge is 0.305 e. The first-order valence-corrected chi connectivity index (χ1v) is 3.79. The monoisotopic (exact) mass is 177 g/mol. The Bertz CT molecular complexity index is 497. The van der Waals surface area contributed by atoms with Gasteiger partial charge in [0.1, 0.15) is 11.8 Å². The molecule has 0 aliphatic carbocycles. The summed E-state index contributed by atoms with van der Waals surface area (Å²) in [5.41, 5.74) is 0.274. The summed E-state index contributed by atoms with van der Waals surface area (Å²) in [5, 5.41) is 3.90. The van der Waals surface area contributed by atoms with Crippen molar-refractivity contribution < 1.29 is 4.79 Å². The number of hydrogen-bond acceptors (Lipinski definition) is 3. The van der Waals surface area contributed by atoms with E-state index in [-0.39, 0.29) is 12.1 Å². The molecule has 2 aromatic heterocycles. The SMILES string of the molecule is O=CCn1ccn2nccc2c1=O. The maximum Gasteiger partial charge on any atom is 0.276 e. The van der Waals surface area contributed by atoms with E-state index in [4.69, 9.17) is 0 Å². The maximum atomic E-state index is 11.5. The van der Waals surface area contributed by atoms with Crippen molar-refractivity contribution >= 4 is 11.8 Å². The number of fused-ring (bicyclic) bond motifs is 1. The number of carbonyl (C=O) groups excluding carboxylic acids is 1. The van der Waals surface area contributed by atoms with E-state index in [1.807, 2.05) is 0 Å². The molecule has 0 saturated carbocycles. The third kappa shape index (κ3) is 1.14. The van der Waals surface area contributed by atoms with Crippen molar-refractivity contribution in [2.75, 3.05) is 0 Å². The quantitative estimate of drug-likeness (QED) is 0.591. The predicted octanol–water partition coefficient (Wildman–Crippen LogP) is -0.305. The zero-order chi connectivity index (χ0) is 9.26. The van der Waals surface area contributed by atoms with E-state index in [2.05, 4.69) is 5.10 Å². The molecule has 0 aromatic carbocycles. The third-order valence-corrected chi connectivity index (χ3v) is 1.81. The second-order valence-corrected chi connectivity index (χ2v) is 2.58. The summed E-state index contributed by atoms with van der Waals surface area (Å²) in [7, 11) is 0. The van der Waals surface area contributed by atoms with Gasteiger partial charge in [0.15, 0.2) is 0 Å². The van der Waals surface area contributed by atoms with Crippen molar-refractivity contribution in [1.82, 2.24) is 14.2 Å². The van der Waals surface area contributed by atoms with Gasteiger partial charge in [-0.15, -0.1) is 0 Å². The molecule has 66 valence electrons. The lowest BCUT2D eigenvalue weighted by Gasteiger charge is -1.99. The third-order valence-electron chi connectivity index (χ3n) is 1.81. The molecule has 0 aliphatic heterocycles. The summed E-state index contributed by atoms with van der Waals surface area (Å²) < 4.78 is 2.81. The van der Waals surface area contributed by atoms with Crippen LogP contribution in [0.5, 0.6) is 0 Å². The van der Waals surface area contributed by atoms with Gasteiger partial charge < -0.3 is 9.36 Å². The minimum Gasteiger partial charge on any atom is -0.305 e. The van der Waals surface area contributed by atoms with E-state index in [0.717, 1.165) is 0 Å². The highest BCUT2D eigenvalue weighted by molar-refractivity contribution is 5.50. The van der Waals surface area contributed by atoms with E-state index in [0.29, 0.717) is 11.8 Å². The number of aldehydes is 1. The van der Waals surface area contributed by atoms with Gasteiger partial charge in [0.25, 0.3) is 5.56 Å². The Kier molecular flexibility index (Phi) is 1.70.